The van der Waals surface area contributed by atoms with Crippen LogP contribution in [0.5, 0.6) is 0 Å². The van der Waals surface area contributed by atoms with Crippen molar-refractivity contribution in [1.82, 2.24) is 10.3 Å². The fourth-order valence-electron chi connectivity index (χ4n) is 3.71. The molecule has 2 aromatic rings. The van der Waals surface area contributed by atoms with Gasteiger partial charge in [-0.05, 0) is 31.4 Å². The van der Waals surface area contributed by atoms with Crippen molar-refractivity contribution in [2.45, 2.75) is 58.3 Å². The van der Waals surface area contributed by atoms with Crippen molar-refractivity contribution in [3.8, 4) is 0 Å². The van der Waals surface area contributed by atoms with E-state index in [1.807, 2.05) is 18.2 Å². The number of unbranched alkanes of at least 4 members (excludes halogenated alkanes) is 1. The molecule has 1 aliphatic rings. The van der Waals surface area contributed by atoms with Gasteiger partial charge in [-0.1, -0.05) is 44.7 Å². The largest absolute Gasteiger partial charge is 0.455 e. The van der Waals surface area contributed by atoms with Gasteiger partial charge >= 0.3 is 5.97 Å². The molecule has 0 radical (unpaired) electrons. The Morgan fingerprint density at radius 1 is 1.22 bits per heavy atom. The molecule has 6 heteroatoms. The topological polar surface area (TPSA) is 68.3 Å². The van der Waals surface area contributed by atoms with Gasteiger partial charge in [0.05, 0.1) is 20.6 Å². The van der Waals surface area contributed by atoms with E-state index in [0.29, 0.717) is 13.0 Å². The first-order valence-electron chi connectivity index (χ1n) is 9.91. The lowest BCUT2D eigenvalue weighted by Crippen LogP contribution is -2.39. The number of aromatic nitrogens is 1. The van der Waals surface area contributed by atoms with Crippen molar-refractivity contribution in [2.24, 2.45) is 5.41 Å². The van der Waals surface area contributed by atoms with E-state index >= 15 is 0 Å². The molecule has 5 nitrogen and oxygen atoms in total. The molecule has 1 heterocycles. The maximum Gasteiger partial charge on any atom is 0.313 e. The summed E-state index contributed by atoms with van der Waals surface area (Å²) in [6, 6.07) is 8.05. The average Bonchev–Trinajstić information content (AvgIpc) is 3.09. The number of esters is 1. The van der Waals surface area contributed by atoms with Gasteiger partial charge in [0, 0.05) is 13.0 Å². The number of amides is 1. The van der Waals surface area contributed by atoms with Gasteiger partial charge in [0.2, 0.25) is 0 Å². The van der Waals surface area contributed by atoms with Crippen LogP contribution in [0.4, 0.5) is 0 Å². The smallest absolute Gasteiger partial charge is 0.313 e. The number of para-hydroxylation sites is 1. The Morgan fingerprint density at radius 2 is 2.00 bits per heavy atom. The Bertz CT molecular complexity index is 748. The summed E-state index contributed by atoms with van der Waals surface area (Å²) in [5.74, 6) is -0.463. The highest BCUT2D eigenvalue weighted by molar-refractivity contribution is 7.18. The Labute approximate surface area is 164 Å². The van der Waals surface area contributed by atoms with Crippen LogP contribution in [0.1, 0.15) is 56.9 Å². The number of carbonyl (C=O) groups is 2. The van der Waals surface area contributed by atoms with Gasteiger partial charge in [0.25, 0.3) is 5.91 Å². The average molecular weight is 389 g/mol. The zero-order valence-electron chi connectivity index (χ0n) is 16.0. The van der Waals surface area contributed by atoms with E-state index in [-0.39, 0.29) is 18.5 Å². The van der Waals surface area contributed by atoms with Crippen molar-refractivity contribution >= 4 is 33.4 Å². The highest BCUT2D eigenvalue weighted by Crippen LogP contribution is 2.41. The second-order valence-corrected chi connectivity index (χ2v) is 8.49. The molecule has 1 N–H and O–H groups in total. The number of ether oxygens (including phenoxy) is 1. The molecule has 1 amide bonds. The summed E-state index contributed by atoms with van der Waals surface area (Å²) in [4.78, 5) is 29.5. The zero-order chi connectivity index (χ0) is 19.1. The van der Waals surface area contributed by atoms with E-state index in [9.17, 15) is 9.59 Å². The summed E-state index contributed by atoms with van der Waals surface area (Å²) < 4.78 is 6.59. The summed E-state index contributed by atoms with van der Waals surface area (Å²) in [7, 11) is 0. The van der Waals surface area contributed by atoms with Crippen LogP contribution in [0.3, 0.4) is 0 Å². The number of fused-ring (bicyclic) bond motifs is 1. The Kier molecular flexibility index (Phi) is 6.83. The summed E-state index contributed by atoms with van der Waals surface area (Å²) >= 11 is 1.65. The lowest BCUT2D eigenvalue weighted by Gasteiger charge is -2.34. The summed E-state index contributed by atoms with van der Waals surface area (Å²) in [5, 5.41) is 3.77. The number of thiazole rings is 1. The molecule has 0 unspecified atom stereocenters. The van der Waals surface area contributed by atoms with Crippen LogP contribution in [0.25, 0.3) is 10.2 Å². The first-order valence-corrected chi connectivity index (χ1v) is 10.7. The standard InChI is InChI=1S/C21H28N2O3S/c1-2-3-13-22-18(24)15-26-20(25)21(11-7-4-8-12-21)14-19-23-16-9-5-6-10-17(16)27-19/h5-6,9-10H,2-4,7-8,11-15H2,1H3,(H,22,24). The monoisotopic (exact) mass is 388 g/mol. The molecule has 0 bridgehead atoms. The van der Waals surface area contributed by atoms with E-state index in [1.165, 1.54) is 0 Å². The number of hydrogen-bond acceptors (Lipinski definition) is 5. The molecule has 146 valence electrons. The highest BCUT2D eigenvalue weighted by atomic mass is 32.1. The number of rotatable bonds is 8. The zero-order valence-corrected chi connectivity index (χ0v) is 16.8. The number of nitrogens with one attached hydrogen (secondary N) is 1. The Morgan fingerprint density at radius 3 is 2.74 bits per heavy atom. The van der Waals surface area contributed by atoms with Crippen LogP contribution in [-0.4, -0.2) is 30.0 Å². The van der Waals surface area contributed by atoms with Crippen LogP contribution in [0.2, 0.25) is 0 Å². The molecule has 1 aromatic heterocycles. The van der Waals surface area contributed by atoms with Gasteiger partial charge in [-0.25, -0.2) is 4.98 Å². The van der Waals surface area contributed by atoms with E-state index < -0.39 is 5.41 Å². The third kappa shape index (κ3) is 5.06. The minimum absolute atomic E-state index is 0.190. The van der Waals surface area contributed by atoms with Crippen LogP contribution in [-0.2, 0) is 20.7 Å². The molecule has 1 aliphatic carbocycles. The van der Waals surface area contributed by atoms with Crippen LogP contribution < -0.4 is 5.32 Å². The van der Waals surface area contributed by atoms with Crippen LogP contribution in [0, 0.1) is 5.41 Å². The lowest BCUT2D eigenvalue weighted by molar-refractivity contribution is -0.161. The van der Waals surface area contributed by atoms with Crippen molar-refractivity contribution in [3.05, 3.63) is 29.3 Å². The van der Waals surface area contributed by atoms with Crippen LogP contribution >= 0.6 is 11.3 Å². The first kappa shape index (κ1) is 19.8. The Balaban J connectivity index is 1.66. The van der Waals surface area contributed by atoms with Gasteiger partial charge < -0.3 is 10.1 Å². The summed E-state index contributed by atoms with van der Waals surface area (Å²) in [5.41, 5.74) is 0.433. The summed E-state index contributed by atoms with van der Waals surface area (Å²) in [6.45, 7) is 2.51. The van der Waals surface area contributed by atoms with Crippen molar-refractivity contribution in [1.29, 1.82) is 0 Å². The number of hydrogen-bond donors (Lipinski definition) is 1. The van der Waals surface area contributed by atoms with E-state index in [2.05, 4.69) is 18.3 Å². The minimum atomic E-state index is -0.546. The molecule has 0 spiro atoms. The number of benzene rings is 1. The second-order valence-electron chi connectivity index (χ2n) is 7.37. The quantitative estimate of drug-likeness (QED) is 0.542. The van der Waals surface area contributed by atoms with E-state index in [4.69, 9.17) is 9.72 Å². The molecule has 0 saturated heterocycles. The molecule has 0 atom stereocenters. The van der Waals surface area contributed by atoms with Gasteiger partial charge in [-0.2, -0.15) is 0 Å². The van der Waals surface area contributed by atoms with Gasteiger partial charge in [0.15, 0.2) is 6.61 Å². The number of nitrogens with zero attached hydrogens (tertiary/aromatic N) is 1. The predicted molar refractivity (Wildman–Crippen MR) is 108 cm³/mol. The van der Waals surface area contributed by atoms with Crippen molar-refractivity contribution < 1.29 is 14.3 Å². The van der Waals surface area contributed by atoms with Gasteiger partial charge in [0.1, 0.15) is 0 Å². The highest BCUT2D eigenvalue weighted by Gasteiger charge is 2.42. The molecule has 3 rings (SSSR count). The Hall–Kier alpha value is -1.95. The molecule has 1 aromatic carbocycles. The van der Waals surface area contributed by atoms with Crippen LogP contribution in [0.15, 0.2) is 24.3 Å². The van der Waals surface area contributed by atoms with Gasteiger partial charge in [-0.15, -0.1) is 11.3 Å². The molecule has 1 fully saturated rings. The predicted octanol–water partition coefficient (Wildman–Crippen LogP) is 4.25. The third-order valence-electron chi connectivity index (χ3n) is 5.26. The molecule has 1 saturated carbocycles. The first-order chi connectivity index (χ1) is 13.1. The molecule has 0 aliphatic heterocycles. The second kappa shape index (κ2) is 9.31. The molecule has 27 heavy (non-hydrogen) atoms. The van der Waals surface area contributed by atoms with Crippen molar-refractivity contribution in [3.63, 3.8) is 0 Å². The van der Waals surface area contributed by atoms with Gasteiger partial charge in [-0.3, -0.25) is 9.59 Å². The maximum atomic E-state index is 12.9. The van der Waals surface area contributed by atoms with Crippen molar-refractivity contribution in [2.75, 3.05) is 13.2 Å². The number of carbonyl (C=O) groups excluding carboxylic acids is 2. The fourth-order valence-corrected chi connectivity index (χ4v) is 4.82. The lowest BCUT2D eigenvalue weighted by atomic mass is 9.72. The molecular formula is C21H28N2O3S. The third-order valence-corrected chi connectivity index (χ3v) is 6.29. The fraction of sp³-hybridized carbons (Fsp3) is 0.571. The summed E-state index contributed by atoms with van der Waals surface area (Å²) in [6.07, 6.45) is 7.34. The van der Waals surface area contributed by atoms with E-state index in [1.54, 1.807) is 11.3 Å². The molecular weight excluding hydrogens is 360 g/mol. The van der Waals surface area contributed by atoms with E-state index in [0.717, 1.165) is 60.2 Å². The SMILES string of the molecule is CCCCNC(=O)COC(=O)C1(Cc2nc3ccccc3s2)CCCCC1. The normalized spacial score (nSPS) is 16.2. The minimum Gasteiger partial charge on any atom is -0.455 e. The maximum absolute atomic E-state index is 12.9.